The number of hydrogen-bond acceptors (Lipinski definition) is 5. The lowest BCUT2D eigenvalue weighted by Gasteiger charge is -2.13. The zero-order valence-electron chi connectivity index (χ0n) is 15.7. The molecular formula is C18H27IN4O2S. The Labute approximate surface area is 176 Å². The zero-order chi connectivity index (χ0) is 18.1. The van der Waals surface area contributed by atoms with Crippen LogP contribution in [0.25, 0.3) is 0 Å². The van der Waals surface area contributed by atoms with Crippen molar-refractivity contribution in [2.45, 2.75) is 26.3 Å². The maximum absolute atomic E-state index is 5.33. The third kappa shape index (κ3) is 6.99. The summed E-state index contributed by atoms with van der Waals surface area (Å²) in [4.78, 5) is 8.73. The summed E-state index contributed by atoms with van der Waals surface area (Å²) in [6.07, 6.45) is 2.00. The second-order valence-corrected chi connectivity index (χ2v) is 6.47. The largest absolute Gasteiger partial charge is 0.493 e. The van der Waals surface area contributed by atoms with Crippen LogP contribution in [0.15, 0.2) is 28.6 Å². The molecule has 0 atom stereocenters. The lowest BCUT2D eigenvalue weighted by atomic mass is 10.2. The number of hydrogen-bond donors (Lipinski definition) is 2. The molecular weight excluding hydrogens is 463 g/mol. The number of aliphatic imine (C=N–C) groups is 1. The Kier molecular flexibility index (Phi) is 10.3. The van der Waals surface area contributed by atoms with E-state index in [-0.39, 0.29) is 24.0 Å². The van der Waals surface area contributed by atoms with E-state index in [0.717, 1.165) is 48.1 Å². The Hall–Kier alpha value is -1.55. The van der Waals surface area contributed by atoms with Gasteiger partial charge in [0.15, 0.2) is 17.5 Å². The molecule has 0 saturated carbocycles. The smallest absolute Gasteiger partial charge is 0.191 e. The molecule has 0 aliphatic rings. The first-order valence-corrected chi connectivity index (χ1v) is 9.10. The van der Waals surface area contributed by atoms with Crippen LogP contribution in [0.2, 0.25) is 0 Å². The van der Waals surface area contributed by atoms with Crippen LogP contribution in [0, 0.1) is 6.92 Å². The number of halogens is 1. The minimum absolute atomic E-state index is 0. The van der Waals surface area contributed by atoms with Crippen LogP contribution in [-0.2, 0) is 13.0 Å². The molecule has 6 nitrogen and oxygen atoms in total. The summed E-state index contributed by atoms with van der Waals surface area (Å²) in [5.74, 6) is 2.24. The van der Waals surface area contributed by atoms with Crippen LogP contribution in [0.4, 0.5) is 0 Å². The van der Waals surface area contributed by atoms with Crippen LogP contribution in [0.1, 0.15) is 22.7 Å². The van der Waals surface area contributed by atoms with Crippen molar-refractivity contribution in [2.24, 2.45) is 4.99 Å². The predicted molar refractivity (Wildman–Crippen MR) is 118 cm³/mol. The molecule has 1 aromatic carbocycles. The van der Waals surface area contributed by atoms with Gasteiger partial charge in [0.25, 0.3) is 0 Å². The Morgan fingerprint density at radius 2 is 1.96 bits per heavy atom. The van der Waals surface area contributed by atoms with E-state index in [2.05, 4.69) is 26.0 Å². The summed E-state index contributed by atoms with van der Waals surface area (Å²) in [6, 6.07) is 5.87. The first kappa shape index (κ1) is 22.5. The average Bonchev–Trinajstić information content (AvgIpc) is 3.06. The minimum Gasteiger partial charge on any atom is -0.493 e. The average molecular weight is 490 g/mol. The fourth-order valence-electron chi connectivity index (χ4n) is 2.36. The highest BCUT2D eigenvalue weighted by Gasteiger charge is 2.05. The molecule has 8 heteroatoms. The number of aromatic nitrogens is 1. The number of nitrogens with one attached hydrogen (secondary N) is 2. The molecule has 0 bridgehead atoms. The summed E-state index contributed by atoms with van der Waals surface area (Å²) in [6.45, 7) is 3.54. The van der Waals surface area contributed by atoms with Crippen molar-refractivity contribution in [2.75, 3.05) is 27.8 Å². The summed E-state index contributed by atoms with van der Waals surface area (Å²) >= 11 is 1.72. The lowest BCUT2D eigenvalue weighted by Crippen LogP contribution is -2.37. The van der Waals surface area contributed by atoms with Gasteiger partial charge in [0.2, 0.25) is 0 Å². The molecule has 0 amide bonds. The Morgan fingerprint density at radius 3 is 2.58 bits per heavy atom. The molecule has 2 aromatic rings. The van der Waals surface area contributed by atoms with Gasteiger partial charge in [-0.15, -0.1) is 35.3 Å². The maximum atomic E-state index is 5.33. The molecule has 2 rings (SSSR count). The first-order chi connectivity index (χ1) is 12.2. The molecule has 0 unspecified atom stereocenters. The highest BCUT2D eigenvalue weighted by Crippen LogP contribution is 2.27. The van der Waals surface area contributed by atoms with Gasteiger partial charge in [-0.25, -0.2) is 4.98 Å². The van der Waals surface area contributed by atoms with E-state index in [1.165, 1.54) is 5.01 Å². The van der Waals surface area contributed by atoms with Gasteiger partial charge >= 0.3 is 0 Å². The number of rotatable bonds is 8. The van der Waals surface area contributed by atoms with Crippen LogP contribution < -0.4 is 20.1 Å². The lowest BCUT2D eigenvalue weighted by molar-refractivity contribution is 0.354. The van der Waals surface area contributed by atoms with Crippen LogP contribution in [-0.4, -0.2) is 38.8 Å². The topological polar surface area (TPSA) is 67.8 Å². The molecule has 0 radical (unpaired) electrons. The van der Waals surface area contributed by atoms with E-state index in [1.54, 1.807) is 32.6 Å². The van der Waals surface area contributed by atoms with E-state index in [4.69, 9.17) is 9.47 Å². The second-order valence-electron chi connectivity index (χ2n) is 5.53. The van der Waals surface area contributed by atoms with Crippen molar-refractivity contribution in [3.63, 3.8) is 0 Å². The molecule has 1 heterocycles. The van der Waals surface area contributed by atoms with Crippen LogP contribution in [0.3, 0.4) is 0 Å². The molecule has 0 spiro atoms. The predicted octanol–water partition coefficient (Wildman–Crippen LogP) is 3.38. The van der Waals surface area contributed by atoms with Gasteiger partial charge in [0.05, 0.1) is 19.2 Å². The van der Waals surface area contributed by atoms with E-state index >= 15 is 0 Å². The van der Waals surface area contributed by atoms with E-state index in [0.29, 0.717) is 6.54 Å². The fourth-order valence-corrected chi connectivity index (χ4v) is 3.18. The second kappa shape index (κ2) is 11.9. The van der Waals surface area contributed by atoms with Crippen LogP contribution in [0.5, 0.6) is 11.5 Å². The fraction of sp³-hybridized carbons (Fsp3) is 0.444. The van der Waals surface area contributed by atoms with Crippen molar-refractivity contribution < 1.29 is 9.47 Å². The molecule has 2 N–H and O–H groups in total. The third-order valence-corrected chi connectivity index (χ3v) is 4.68. The first-order valence-electron chi connectivity index (χ1n) is 8.22. The van der Waals surface area contributed by atoms with Crippen molar-refractivity contribution in [1.82, 2.24) is 15.6 Å². The summed E-state index contributed by atoms with van der Waals surface area (Å²) in [5, 5.41) is 9.91. The van der Waals surface area contributed by atoms with Gasteiger partial charge < -0.3 is 20.1 Å². The highest BCUT2D eigenvalue weighted by atomic mass is 127. The number of aryl methyl sites for hydroxylation is 2. The maximum Gasteiger partial charge on any atom is 0.191 e. The van der Waals surface area contributed by atoms with Gasteiger partial charge in [-0.3, -0.25) is 4.99 Å². The quantitative estimate of drug-likeness (QED) is 0.257. The Bertz CT molecular complexity index is 706. The molecule has 1 aromatic heterocycles. The van der Waals surface area contributed by atoms with E-state index in [1.807, 2.05) is 25.1 Å². The molecule has 26 heavy (non-hydrogen) atoms. The molecule has 0 aliphatic heterocycles. The monoisotopic (exact) mass is 490 g/mol. The van der Waals surface area contributed by atoms with Gasteiger partial charge in [-0.1, -0.05) is 6.07 Å². The van der Waals surface area contributed by atoms with E-state index in [9.17, 15) is 0 Å². The summed E-state index contributed by atoms with van der Waals surface area (Å²) in [5.41, 5.74) is 2.19. The number of guanidine groups is 1. The standard InChI is InChI=1S/C18H26N4O2S.HI/c1-13-12-25-17(22-13)6-5-9-20-18(19-2)21-11-14-7-8-15(23-3)16(10-14)24-4;/h7-8,10,12H,5-6,9,11H2,1-4H3,(H2,19,20,21);1H. The Morgan fingerprint density at radius 1 is 1.19 bits per heavy atom. The SMILES string of the molecule is CN=C(NCCCc1nc(C)cs1)NCc1ccc(OC)c(OC)c1.I. The van der Waals surface area contributed by atoms with Gasteiger partial charge in [0, 0.05) is 37.6 Å². The number of methoxy groups -OCH3 is 2. The van der Waals surface area contributed by atoms with Crippen molar-refractivity contribution >= 4 is 41.3 Å². The zero-order valence-corrected chi connectivity index (χ0v) is 18.8. The van der Waals surface area contributed by atoms with E-state index < -0.39 is 0 Å². The molecule has 144 valence electrons. The molecule has 0 fully saturated rings. The number of thiazole rings is 1. The Balaban J connectivity index is 0.00000338. The molecule has 0 aliphatic carbocycles. The highest BCUT2D eigenvalue weighted by molar-refractivity contribution is 14.0. The van der Waals surface area contributed by atoms with Crippen molar-refractivity contribution in [3.05, 3.63) is 39.8 Å². The van der Waals surface area contributed by atoms with Crippen molar-refractivity contribution in [3.8, 4) is 11.5 Å². The summed E-state index contributed by atoms with van der Waals surface area (Å²) in [7, 11) is 5.04. The third-order valence-electron chi connectivity index (χ3n) is 3.66. The molecule has 0 saturated heterocycles. The number of ether oxygens (including phenoxy) is 2. The minimum atomic E-state index is 0. The number of nitrogens with zero attached hydrogens (tertiary/aromatic N) is 2. The number of benzene rings is 1. The van der Waals surface area contributed by atoms with Crippen molar-refractivity contribution in [1.29, 1.82) is 0 Å². The van der Waals surface area contributed by atoms with Gasteiger partial charge in [-0.05, 0) is 31.0 Å². The van der Waals surface area contributed by atoms with Crippen LogP contribution >= 0.6 is 35.3 Å². The normalized spacial score (nSPS) is 10.8. The van der Waals surface area contributed by atoms with Gasteiger partial charge in [0.1, 0.15) is 0 Å². The van der Waals surface area contributed by atoms with Gasteiger partial charge in [-0.2, -0.15) is 0 Å². The summed E-state index contributed by atoms with van der Waals surface area (Å²) < 4.78 is 10.6.